The Morgan fingerprint density at radius 3 is 2.43 bits per heavy atom. The number of rotatable bonds is 8. The van der Waals surface area contributed by atoms with E-state index in [-0.39, 0.29) is 11.9 Å². The minimum absolute atomic E-state index is 0.101. The molecular weight excluding hydrogens is 260 g/mol. The first kappa shape index (κ1) is 16.0. The van der Waals surface area contributed by atoms with Gasteiger partial charge in [0.25, 0.3) is 0 Å². The second kappa shape index (κ2) is 7.60. The molecule has 1 atom stereocenters. The fourth-order valence-corrected chi connectivity index (χ4v) is 2.52. The van der Waals surface area contributed by atoms with Crippen molar-refractivity contribution in [1.29, 1.82) is 0 Å². The van der Waals surface area contributed by atoms with Gasteiger partial charge in [0.15, 0.2) is 0 Å². The number of hydrogen-bond acceptors (Lipinski definition) is 2. The molecule has 0 bridgehead atoms. The Morgan fingerprint density at radius 2 is 1.90 bits per heavy atom. The highest BCUT2D eigenvalue weighted by atomic mass is 16.1. The molecule has 0 radical (unpaired) electrons. The van der Waals surface area contributed by atoms with Gasteiger partial charge in [-0.3, -0.25) is 4.79 Å². The van der Waals surface area contributed by atoms with Gasteiger partial charge in [-0.05, 0) is 36.3 Å². The van der Waals surface area contributed by atoms with Crippen LogP contribution in [0.4, 0.5) is 0 Å². The van der Waals surface area contributed by atoms with E-state index in [0.29, 0.717) is 18.4 Å². The van der Waals surface area contributed by atoms with Crippen molar-refractivity contribution in [3.63, 3.8) is 0 Å². The second-order valence-corrected chi connectivity index (χ2v) is 6.36. The number of carbonyl (C=O) groups is 1. The molecule has 2 N–H and O–H groups in total. The molecule has 1 fully saturated rings. The minimum Gasteiger partial charge on any atom is -0.349 e. The highest BCUT2D eigenvalue weighted by Crippen LogP contribution is 2.22. The van der Waals surface area contributed by atoms with Crippen molar-refractivity contribution in [2.45, 2.75) is 58.5 Å². The third-order valence-corrected chi connectivity index (χ3v) is 4.09. The maximum Gasteiger partial charge on any atom is 0.221 e. The zero-order valence-electron chi connectivity index (χ0n) is 13.5. The van der Waals surface area contributed by atoms with Gasteiger partial charge >= 0.3 is 0 Å². The molecule has 1 aromatic carbocycles. The van der Waals surface area contributed by atoms with Crippen LogP contribution in [0.15, 0.2) is 24.3 Å². The van der Waals surface area contributed by atoms with Crippen molar-refractivity contribution in [2.24, 2.45) is 5.92 Å². The lowest BCUT2D eigenvalue weighted by Crippen LogP contribution is -2.34. The number of hydrogen-bond donors (Lipinski definition) is 2. The van der Waals surface area contributed by atoms with Crippen LogP contribution >= 0.6 is 0 Å². The zero-order valence-corrected chi connectivity index (χ0v) is 13.5. The predicted octanol–water partition coefficient (Wildman–Crippen LogP) is 3.20. The molecule has 0 heterocycles. The molecule has 1 aromatic rings. The lowest BCUT2D eigenvalue weighted by Gasteiger charge is -2.23. The average Bonchev–Trinajstić information content (AvgIpc) is 3.29. The third-order valence-electron chi connectivity index (χ3n) is 4.09. The number of amides is 1. The first-order chi connectivity index (χ1) is 10.1. The molecule has 3 heteroatoms. The summed E-state index contributed by atoms with van der Waals surface area (Å²) in [6, 6.07) is 9.37. The van der Waals surface area contributed by atoms with E-state index < -0.39 is 0 Å². The zero-order chi connectivity index (χ0) is 15.2. The van der Waals surface area contributed by atoms with Crippen LogP contribution in [-0.2, 0) is 11.2 Å². The maximum absolute atomic E-state index is 12.1. The number of aryl methyl sites for hydroxylation is 1. The molecule has 2 rings (SSSR count). The van der Waals surface area contributed by atoms with Crippen LogP contribution in [0.3, 0.4) is 0 Å². The van der Waals surface area contributed by atoms with E-state index in [9.17, 15) is 4.79 Å². The first-order valence-corrected chi connectivity index (χ1v) is 8.21. The van der Waals surface area contributed by atoms with E-state index in [1.807, 2.05) is 0 Å². The molecule has 1 aliphatic rings. The van der Waals surface area contributed by atoms with Gasteiger partial charge in [-0.2, -0.15) is 0 Å². The van der Waals surface area contributed by atoms with Crippen LogP contribution in [0, 0.1) is 5.92 Å². The molecule has 21 heavy (non-hydrogen) atoms. The van der Waals surface area contributed by atoms with E-state index in [0.717, 1.165) is 13.0 Å². The molecule has 3 nitrogen and oxygen atoms in total. The summed E-state index contributed by atoms with van der Waals surface area (Å²) in [6.07, 6.45) is 4.14. The van der Waals surface area contributed by atoms with Crippen molar-refractivity contribution in [2.75, 3.05) is 6.54 Å². The van der Waals surface area contributed by atoms with Gasteiger partial charge in [-0.25, -0.2) is 0 Å². The molecule has 1 amide bonds. The summed E-state index contributed by atoms with van der Waals surface area (Å²) in [4.78, 5) is 12.1. The Balaban J connectivity index is 1.88. The molecule has 1 unspecified atom stereocenters. The van der Waals surface area contributed by atoms with Crippen LogP contribution in [0.25, 0.3) is 0 Å². The van der Waals surface area contributed by atoms with Gasteiger partial charge in [-0.1, -0.05) is 45.0 Å². The summed E-state index contributed by atoms with van der Waals surface area (Å²) in [7, 11) is 0. The predicted molar refractivity (Wildman–Crippen MR) is 87.2 cm³/mol. The Labute approximate surface area is 128 Å². The van der Waals surface area contributed by atoms with E-state index in [4.69, 9.17) is 0 Å². The quantitative estimate of drug-likeness (QED) is 0.771. The third kappa shape index (κ3) is 5.16. The summed E-state index contributed by atoms with van der Waals surface area (Å²) < 4.78 is 0. The Hall–Kier alpha value is -1.35. The van der Waals surface area contributed by atoms with Gasteiger partial charge in [0.05, 0.1) is 6.04 Å². The van der Waals surface area contributed by atoms with E-state index in [1.54, 1.807) is 0 Å². The Kier molecular flexibility index (Phi) is 5.80. The van der Waals surface area contributed by atoms with Crippen molar-refractivity contribution in [3.05, 3.63) is 35.4 Å². The van der Waals surface area contributed by atoms with Crippen molar-refractivity contribution >= 4 is 5.91 Å². The fraction of sp³-hybridized carbons (Fsp3) is 0.611. The van der Waals surface area contributed by atoms with Crippen LogP contribution in [-0.4, -0.2) is 18.5 Å². The van der Waals surface area contributed by atoms with Gasteiger partial charge in [-0.15, -0.1) is 0 Å². The normalized spacial score (nSPS) is 16.0. The molecule has 1 aliphatic carbocycles. The fourth-order valence-electron chi connectivity index (χ4n) is 2.52. The molecule has 116 valence electrons. The minimum atomic E-state index is 0.101. The molecule has 0 aliphatic heterocycles. The average molecular weight is 288 g/mol. The standard InChI is InChI=1S/C18H28N2O/c1-4-14-5-7-15(8-6-14)18(13(2)3)20-17(21)11-12-19-16-9-10-16/h5-8,13,16,18-19H,4,9-12H2,1-3H3,(H,20,21). The van der Waals surface area contributed by atoms with Gasteiger partial charge in [0, 0.05) is 19.0 Å². The Bertz CT molecular complexity index is 449. The Morgan fingerprint density at radius 1 is 1.24 bits per heavy atom. The largest absolute Gasteiger partial charge is 0.349 e. The van der Waals surface area contributed by atoms with E-state index in [1.165, 1.54) is 24.0 Å². The van der Waals surface area contributed by atoms with Crippen molar-refractivity contribution < 1.29 is 4.79 Å². The number of carbonyl (C=O) groups excluding carboxylic acids is 1. The summed E-state index contributed by atoms with van der Waals surface area (Å²) >= 11 is 0. The van der Waals surface area contributed by atoms with Crippen LogP contribution in [0.5, 0.6) is 0 Å². The monoisotopic (exact) mass is 288 g/mol. The van der Waals surface area contributed by atoms with Crippen LogP contribution < -0.4 is 10.6 Å². The summed E-state index contributed by atoms with van der Waals surface area (Å²) in [5.74, 6) is 0.527. The maximum atomic E-state index is 12.1. The smallest absolute Gasteiger partial charge is 0.221 e. The summed E-state index contributed by atoms with van der Waals surface area (Å²) in [5.41, 5.74) is 2.53. The first-order valence-electron chi connectivity index (χ1n) is 8.21. The number of nitrogens with one attached hydrogen (secondary N) is 2. The topological polar surface area (TPSA) is 41.1 Å². The van der Waals surface area contributed by atoms with Crippen molar-refractivity contribution in [3.8, 4) is 0 Å². The lowest BCUT2D eigenvalue weighted by molar-refractivity contribution is -0.122. The second-order valence-electron chi connectivity index (χ2n) is 6.36. The molecule has 0 spiro atoms. The summed E-state index contributed by atoms with van der Waals surface area (Å²) in [6.45, 7) is 7.25. The number of benzene rings is 1. The van der Waals surface area contributed by atoms with Gasteiger partial charge < -0.3 is 10.6 Å². The molecular formula is C18H28N2O. The molecule has 0 saturated heterocycles. The molecule has 1 saturated carbocycles. The lowest BCUT2D eigenvalue weighted by atomic mass is 9.94. The van der Waals surface area contributed by atoms with E-state index in [2.05, 4.69) is 55.7 Å². The van der Waals surface area contributed by atoms with Gasteiger partial charge in [0.2, 0.25) is 5.91 Å². The highest BCUT2D eigenvalue weighted by molar-refractivity contribution is 5.76. The van der Waals surface area contributed by atoms with E-state index >= 15 is 0 Å². The van der Waals surface area contributed by atoms with Gasteiger partial charge in [0.1, 0.15) is 0 Å². The molecule has 0 aromatic heterocycles. The van der Waals surface area contributed by atoms with Crippen LogP contribution in [0.2, 0.25) is 0 Å². The van der Waals surface area contributed by atoms with Crippen molar-refractivity contribution in [1.82, 2.24) is 10.6 Å². The highest BCUT2D eigenvalue weighted by Gasteiger charge is 2.21. The van der Waals surface area contributed by atoms with Crippen LogP contribution in [0.1, 0.15) is 57.2 Å². The SMILES string of the molecule is CCc1ccc(C(NC(=O)CCNC2CC2)C(C)C)cc1. The summed E-state index contributed by atoms with van der Waals surface area (Å²) in [5, 5.41) is 6.57.